The maximum absolute atomic E-state index is 13.4. The molecule has 3 aromatic rings. The SMILES string of the molecule is COc1cc(NC(=O)C[C@H]2C(=O)N(c3cccc(C)c3)C(=O)N2Cc2ccco2)cc(OC)c1. The minimum absolute atomic E-state index is 0.0603. The number of amides is 4. The molecule has 9 nitrogen and oxygen atoms in total. The lowest BCUT2D eigenvalue weighted by Gasteiger charge is -2.20. The number of aryl methyl sites for hydroxylation is 1. The number of carbonyl (C=O) groups excluding carboxylic acids is 3. The highest BCUT2D eigenvalue weighted by molar-refractivity contribution is 6.22. The van der Waals surface area contributed by atoms with Crippen LogP contribution in [0.15, 0.2) is 65.3 Å². The highest BCUT2D eigenvalue weighted by atomic mass is 16.5. The number of benzene rings is 2. The van der Waals surface area contributed by atoms with Crippen molar-refractivity contribution >= 4 is 29.2 Å². The number of carbonyl (C=O) groups is 3. The van der Waals surface area contributed by atoms with Gasteiger partial charge in [0.25, 0.3) is 5.91 Å². The Morgan fingerprint density at radius 1 is 1.03 bits per heavy atom. The summed E-state index contributed by atoms with van der Waals surface area (Å²) in [6.07, 6.45) is 1.26. The van der Waals surface area contributed by atoms with E-state index in [0.717, 1.165) is 10.5 Å². The van der Waals surface area contributed by atoms with E-state index >= 15 is 0 Å². The summed E-state index contributed by atoms with van der Waals surface area (Å²) in [5.74, 6) is 0.617. The van der Waals surface area contributed by atoms with E-state index in [1.54, 1.807) is 48.5 Å². The molecule has 176 valence electrons. The second-order valence-corrected chi connectivity index (χ2v) is 7.87. The summed E-state index contributed by atoms with van der Waals surface area (Å²) in [7, 11) is 3.02. The highest BCUT2D eigenvalue weighted by Gasteiger charge is 2.47. The number of urea groups is 1. The van der Waals surface area contributed by atoms with Crippen LogP contribution in [0.2, 0.25) is 0 Å². The third-order valence-electron chi connectivity index (χ3n) is 5.50. The van der Waals surface area contributed by atoms with Crippen molar-refractivity contribution in [3.63, 3.8) is 0 Å². The first-order valence-electron chi connectivity index (χ1n) is 10.7. The molecule has 1 aromatic heterocycles. The van der Waals surface area contributed by atoms with Gasteiger partial charge in [-0.15, -0.1) is 0 Å². The molecule has 0 unspecified atom stereocenters. The maximum Gasteiger partial charge on any atom is 0.332 e. The Bertz CT molecular complexity index is 1180. The molecule has 0 saturated carbocycles. The van der Waals surface area contributed by atoms with Crippen LogP contribution in [0.4, 0.5) is 16.2 Å². The summed E-state index contributed by atoms with van der Waals surface area (Å²) < 4.78 is 15.9. The van der Waals surface area contributed by atoms with Gasteiger partial charge < -0.3 is 24.1 Å². The van der Waals surface area contributed by atoms with Crippen LogP contribution in [0.25, 0.3) is 0 Å². The Morgan fingerprint density at radius 2 is 1.76 bits per heavy atom. The van der Waals surface area contributed by atoms with Crippen molar-refractivity contribution in [3.8, 4) is 11.5 Å². The zero-order valence-corrected chi connectivity index (χ0v) is 19.1. The molecule has 1 N–H and O–H groups in total. The van der Waals surface area contributed by atoms with Gasteiger partial charge in [-0.05, 0) is 36.8 Å². The van der Waals surface area contributed by atoms with Gasteiger partial charge in [0.1, 0.15) is 23.3 Å². The van der Waals surface area contributed by atoms with Crippen LogP contribution in [0.3, 0.4) is 0 Å². The van der Waals surface area contributed by atoms with Gasteiger partial charge in [-0.3, -0.25) is 9.59 Å². The largest absolute Gasteiger partial charge is 0.497 e. The van der Waals surface area contributed by atoms with Gasteiger partial charge in [-0.1, -0.05) is 12.1 Å². The Balaban J connectivity index is 1.59. The predicted octanol–water partition coefficient (Wildman–Crippen LogP) is 3.97. The minimum atomic E-state index is -0.995. The average Bonchev–Trinajstić information content (AvgIpc) is 3.41. The number of furan rings is 1. The van der Waals surface area contributed by atoms with Crippen molar-refractivity contribution in [2.75, 3.05) is 24.4 Å². The van der Waals surface area contributed by atoms with Crippen molar-refractivity contribution in [2.24, 2.45) is 0 Å². The molecule has 4 amide bonds. The average molecular weight is 463 g/mol. The number of ether oxygens (including phenoxy) is 2. The van der Waals surface area contributed by atoms with Crippen LogP contribution < -0.4 is 19.7 Å². The molecule has 0 aliphatic carbocycles. The Hall–Kier alpha value is -4.27. The normalized spacial score (nSPS) is 15.6. The lowest BCUT2D eigenvalue weighted by atomic mass is 10.1. The molecule has 2 aromatic carbocycles. The van der Waals surface area contributed by atoms with E-state index < -0.39 is 23.9 Å². The molecule has 0 spiro atoms. The number of hydrogen-bond donors (Lipinski definition) is 1. The number of nitrogens with one attached hydrogen (secondary N) is 1. The van der Waals surface area contributed by atoms with E-state index in [1.807, 2.05) is 13.0 Å². The van der Waals surface area contributed by atoms with E-state index in [-0.39, 0.29) is 13.0 Å². The van der Waals surface area contributed by atoms with E-state index in [1.165, 1.54) is 25.4 Å². The lowest BCUT2D eigenvalue weighted by molar-refractivity contribution is -0.124. The van der Waals surface area contributed by atoms with E-state index in [4.69, 9.17) is 13.9 Å². The predicted molar refractivity (Wildman–Crippen MR) is 125 cm³/mol. The van der Waals surface area contributed by atoms with E-state index in [9.17, 15) is 14.4 Å². The van der Waals surface area contributed by atoms with Crippen LogP contribution in [-0.2, 0) is 16.1 Å². The fraction of sp³-hybridized carbons (Fsp3) is 0.240. The number of hydrogen-bond acceptors (Lipinski definition) is 6. The summed E-state index contributed by atoms with van der Waals surface area (Å²) in [4.78, 5) is 42.1. The molecular formula is C25H25N3O6. The fourth-order valence-electron chi connectivity index (χ4n) is 3.86. The molecule has 1 aliphatic heterocycles. The van der Waals surface area contributed by atoms with E-state index in [0.29, 0.717) is 28.6 Å². The van der Waals surface area contributed by atoms with Crippen LogP contribution in [0, 0.1) is 6.92 Å². The molecule has 9 heteroatoms. The molecule has 2 heterocycles. The number of methoxy groups -OCH3 is 2. The zero-order chi connectivity index (χ0) is 24.2. The molecule has 0 bridgehead atoms. The van der Waals surface area contributed by atoms with Crippen LogP contribution >= 0.6 is 0 Å². The molecule has 4 rings (SSSR count). The third-order valence-corrected chi connectivity index (χ3v) is 5.50. The quantitative estimate of drug-likeness (QED) is 0.507. The van der Waals surface area contributed by atoms with Gasteiger partial charge in [0.05, 0.1) is 39.1 Å². The Kier molecular flexibility index (Phi) is 6.53. The van der Waals surface area contributed by atoms with Gasteiger partial charge in [0.15, 0.2) is 0 Å². The summed E-state index contributed by atoms with van der Waals surface area (Å²) in [6.45, 7) is 1.94. The molecule has 1 fully saturated rings. The van der Waals surface area contributed by atoms with Crippen molar-refractivity contribution in [2.45, 2.75) is 25.9 Å². The molecule has 0 radical (unpaired) electrons. The monoisotopic (exact) mass is 463 g/mol. The standard InChI is InChI=1S/C25H25N3O6/c1-16-6-4-7-18(10-16)28-24(30)22(27(25(28)31)15-19-8-5-9-34-19)14-23(29)26-17-11-20(32-2)13-21(12-17)33-3/h4-13,22H,14-15H2,1-3H3,(H,26,29)/t22-/m0/s1. The van der Waals surface area contributed by atoms with Crippen LogP contribution in [-0.4, -0.2) is 43.0 Å². The van der Waals surface area contributed by atoms with Crippen LogP contribution in [0.5, 0.6) is 11.5 Å². The van der Waals surface area contributed by atoms with Crippen molar-refractivity contribution in [3.05, 3.63) is 72.2 Å². The fourth-order valence-corrected chi connectivity index (χ4v) is 3.86. The Morgan fingerprint density at radius 3 is 2.38 bits per heavy atom. The highest BCUT2D eigenvalue weighted by Crippen LogP contribution is 2.30. The zero-order valence-electron chi connectivity index (χ0n) is 19.1. The smallest absolute Gasteiger partial charge is 0.332 e. The second kappa shape index (κ2) is 9.70. The summed E-state index contributed by atoms with van der Waals surface area (Å²) in [6, 6.07) is 14.0. The van der Waals surface area contributed by atoms with Gasteiger partial charge in [0.2, 0.25) is 5.91 Å². The van der Waals surface area contributed by atoms with Gasteiger partial charge >= 0.3 is 6.03 Å². The van der Waals surface area contributed by atoms with Gasteiger partial charge in [0, 0.05) is 23.9 Å². The molecule has 34 heavy (non-hydrogen) atoms. The van der Waals surface area contributed by atoms with Gasteiger partial charge in [-0.25, -0.2) is 9.69 Å². The number of nitrogens with zero attached hydrogens (tertiary/aromatic N) is 2. The molecule has 1 aliphatic rings. The summed E-state index contributed by atoms with van der Waals surface area (Å²) in [5.41, 5.74) is 1.81. The molecular weight excluding hydrogens is 438 g/mol. The Labute approximate surface area is 196 Å². The first-order chi connectivity index (χ1) is 16.4. The van der Waals surface area contributed by atoms with Crippen molar-refractivity contribution in [1.29, 1.82) is 0 Å². The van der Waals surface area contributed by atoms with Gasteiger partial charge in [-0.2, -0.15) is 0 Å². The van der Waals surface area contributed by atoms with Crippen molar-refractivity contribution < 1.29 is 28.3 Å². The number of rotatable bonds is 8. The van der Waals surface area contributed by atoms with E-state index in [2.05, 4.69) is 5.32 Å². The second-order valence-electron chi connectivity index (χ2n) is 7.87. The lowest BCUT2D eigenvalue weighted by Crippen LogP contribution is -2.37. The summed E-state index contributed by atoms with van der Waals surface area (Å²) in [5, 5.41) is 2.77. The molecule has 1 saturated heterocycles. The van der Waals surface area contributed by atoms with Crippen molar-refractivity contribution in [1.82, 2.24) is 4.90 Å². The first-order valence-corrected chi connectivity index (χ1v) is 10.7. The summed E-state index contributed by atoms with van der Waals surface area (Å²) >= 11 is 0. The van der Waals surface area contributed by atoms with Crippen LogP contribution in [0.1, 0.15) is 17.7 Å². The number of anilines is 2. The maximum atomic E-state index is 13.4. The molecule has 1 atom stereocenters. The first kappa shape index (κ1) is 22.9. The third kappa shape index (κ3) is 4.73. The number of imide groups is 1. The topological polar surface area (TPSA) is 101 Å². The minimum Gasteiger partial charge on any atom is -0.497 e.